The number of nitrogens with one attached hydrogen (secondary N) is 1. The van der Waals surface area contributed by atoms with Crippen LogP contribution in [0, 0.1) is 18.3 Å². The van der Waals surface area contributed by atoms with E-state index in [-0.39, 0.29) is 17.2 Å². The van der Waals surface area contributed by atoms with E-state index < -0.39 is 0 Å². The second kappa shape index (κ2) is 8.73. The molecule has 3 rings (SSSR count). The van der Waals surface area contributed by atoms with E-state index in [9.17, 15) is 5.26 Å². The third kappa shape index (κ3) is 4.90. The minimum atomic E-state index is 0.123. The lowest BCUT2D eigenvalue weighted by Gasteiger charge is -2.26. The number of likely N-dealkylation sites (N-methyl/N-ethyl adjacent to an activating group) is 1. The van der Waals surface area contributed by atoms with Gasteiger partial charge in [-0.1, -0.05) is 62.7 Å². The Bertz CT molecular complexity index is 1020. The zero-order valence-electron chi connectivity index (χ0n) is 18.7. The van der Waals surface area contributed by atoms with Gasteiger partial charge in [0.15, 0.2) is 0 Å². The molecule has 0 aliphatic rings. The molecule has 0 radical (unpaired) electrons. The first-order valence-corrected chi connectivity index (χ1v) is 10.2. The number of hydrogen-bond acceptors (Lipinski definition) is 5. The molecule has 0 aliphatic carbocycles. The summed E-state index contributed by atoms with van der Waals surface area (Å²) < 4.78 is 5.90. The van der Waals surface area contributed by atoms with Gasteiger partial charge in [0.1, 0.15) is 6.07 Å². The van der Waals surface area contributed by atoms with Gasteiger partial charge in [-0.25, -0.2) is 0 Å². The lowest BCUT2D eigenvalue weighted by atomic mass is 9.86. The van der Waals surface area contributed by atoms with Gasteiger partial charge in [-0.3, -0.25) is 0 Å². The molecule has 5 heteroatoms. The quantitative estimate of drug-likeness (QED) is 0.587. The molecular formula is C25H30N4O. The van der Waals surface area contributed by atoms with Crippen LogP contribution in [0.2, 0.25) is 0 Å². The van der Waals surface area contributed by atoms with Crippen LogP contribution in [0.25, 0.3) is 11.5 Å². The van der Waals surface area contributed by atoms with Gasteiger partial charge in [-0.2, -0.15) is 10.2 Å². The Morgan fingerprint density at radius 1 is 1.07 bits per heavy atom. The molecule has 1 atom stereocenters. The maximum absolute atomic E-state index is 9.50. The van der Waals surface area contributed by atoms with Gasteiger partial charge >= 0.3 is 0 Å². The summed E-state index contributed by atoms with van der Waals surface area (Å²) >= 11 is 0. The largest absolute Gasteiger partial charge is 0.419 e. The van der Waals surface area contributed by atoms with Crippen LogP contribution in [0.1, 0.15) is 49.2 Å². The summed E-state index contributed by atoms with van der Waals surface area (Å²) in [5.41, 5.74) is 4.92. The molecule has 0 unspecified atom stereocenters. The van der Waals surface area contributed by atoms with Gasteiger partial charge in [-0.05, 0) is 49.7 Å². The first-order chi connectivity index (χ1) is 14.2. The maximum atomic E-state index is 9.50. The van der Waals surface area contributed by atoms with Gasteiger partial charge in [0.05, 0.1) is 6.04 Å². The van der Waals surface area contributed by atoms with E-state index >= 15 is 0 Å². The molecule has 1 heterocycles. The van der Waals surface area contributed by atoms with Crippen molar-refractivity contribution < 1.29 is 4.42 Å². The van der Waals surface area contributed by atoms with E-state index in [4.69, 9.17) is 4.42 Å². The summed E-state index contributed by atoms with van der Waals surface area (Å²) in [6.45, 7) is 9.27. The number of oxazole rings is 1. The number of nitrogens with zero attached hydrogens (tertiary/aromatic N) is 3. The van der Waals surface area contributed by atoms with Crippen LogP contribution in [0.15, 0.2) is 52.9 Å². The summed E-state index contributed by atoms with van der Waals surface area (Å²) in [5, 5.41) is 12.8. The fraction of sp³-hybridized carbons (Fsp3) is 0.360. The van der Waals surface area contributed by atoms with Crippen molar-refractivity contribution in [3.63, 3.8) is 0 Å². The Hall–Kier alpha value is -3.10. The van der Waals surface area contributed by atoms with Crippen molar-refractivity contribution in [2.45, 2.75) is 39.2 Å². The normalized spacial score (nSPS) is 12.6. The second-order valence-corrected chi connectivity index (χ2v) is 8.91. The summed E-state index contributed by atoms with van der Waals surface area (Å²) in [6.07, 6.45) is 0. The van der Waals surface area contributed by atoms with Gasteiger partial charge in [0, 0.05) is 12.1 Å². The Morgan fingerprint density at radius 3 is 2.23 bits per heavy atom. The van der Waals surface area contributed by atoms with Crippen LogP contribution in [0.3, 0.4) is 0 Å². The highest BCUT2D eigenvalue weighted by Gasteiger charge is 2.20. The van der Waals surface area contributed by atoms with E-state index in [1.54, 1.807) is 0 Å². The summed E-state index contributed by atoms with van der Waals surface area (Å²) in [5.74, 6) is 0.858. The van der Waals surface area contributed by atoms with Crippen LogP contribution < -0.4 is 5.32 Å². The predicted molar refractivity (Wildman–Crippen MR) is 121 cm³/mol. The summed E-state index contributed by atoms with van der Waals surface area (Å²) in [7, 11) is 4.10. The van der Waals surface area contributed by atoms with Crippen LogP contribution in [-0.2, 0) is 5.41 Å². The maximum Gasteiger partial charge on any atom is 0.232 e. The minimum absolute atomic E-state index is 0.123. The lowest BCUT2D eigenvalue weighted by molar-refractivity contribution is 0.310. The average Bonchev–Trinajstić information content (AvgIpc) is 3.11. The number of nitriles is 1. The van der Waals surface area contributed by atoms with Crippen molar-refractivity contribution in [2.75, 3.05) is 26.0 Å². The molecule has 0 aliphatic heterocycles. The number of aromatic nitrogens is 1. The van der Waals surface area contributed by atoms with Crippen LogP contribution in [0.5, 0.6) is 0 Å². The van der Waals surface area contributed by atoms with Gasteiger partial charge in [0.25, 0.3) is 0 Å². The molecular weight excluding hydrogens is 372 g/mol. The highest BCUT2D eigenvalue weighted by molar-refractivity contribution is 5.59. The van der Waals surface area contributed by atoms with E-state index in [0.717, 1.165) is 11.1 Å². The average molecular weight is 403 g/mol. The molecule has 0 saturated carbocycles. The highest BCUT2D eigenvalue weighted by Crippen LogP contribution is 2.28. The Kier molecular flexibility index (Phi) is 6.28. The third-order valence-corrected chi connectivity index (χ3v) is 5.27. The zero-order chi connectivity index (χ0) is 21.9. The fourth-order valence-corrected chi connectivity index (χ4v) is 3.33. The van der Waals surface area contributed by atoms with Crippen molar-refractivity contribution in [1.82, 2.24) is 9.88 Å². The molecule has 0 saturated heterocycles. The molecule has 3 aromatic rings. The number of hydrogen-bond donors (Lipinski definition) is 1. The van der Waals surface area contributed by atoms with E-state index in [0.29, 0.717) is 18.3 Å². The van der Waals surface area contributed by atoms with Crippen molar-refractivity contribution in [1.29, 1.82) is 5.26 Å². The van der Waals surface area contributed by atoms with E-state index in [2.05, 4.69) is 66.3 Å². The Balaban J connectivity index is 1.79. The van der Waals surface area contributed by atoms with Gasteiger partial charge in [0.2, 0.25) is 17.5 Å². The SMILES string of the molecule is Cc1ccc(-c2nc(C#N)c(NC[C@@H](c3ccc(C(C)(C)C)cc3)N(C)C)o2)cc1. The third-order valence-electron chi connectivity index (χ3n) is 5.27. The second-order valence-electron chi connectivity index (χ2n) is 8.91. The van der Waals surface area contributed by atoms with Gasteiger partial charge in [-0.15, -0.1) is 0 Å². The molecule has 0 spiro atoms. The summed E-state index contributed by atoms with van der Waals surface area (Å²) in [4.78, 5) is 6.51. The first kappa shape index (κ1) is 21.6. The molecule has 5 nitrogen and oxygen atoms in total. The summed E-state index contributed by atoms with van der Waals surface area (Å²) in [6, 6.07) is 18.9. The van der Waals surface area contributed by atoms with Crippen LogP contribution in [-0.4, -0.2) is 30.5 Å². The molecule has 0 amide bonds. The number of benzene rings is 2. The molecule has 30 heavy (non-hydrogen) atoms. The molecule has 1 aromatic heterocycles. The predicted octanol–water partition coefficient (Wildman–Crippen LogP) is 5.53. The number of anilines is 1. The van der Waals surface area contributed by atoms with E-state index in [1.807, 2.05) is 45.3 Å². The topological polar surface area (TPSA) is 65.1 Å². The highest BCUT2D eigenvalue weighted by atomic mass is 16.4. The lowest BCUT2D eigenvalue weighted by Crippen LogP contribution is -2.27. The smallest absolute Gasteiger partial charge is 0.232 e. The fourth-order valence-electron chi connectivity index (χ4n) is 3.33. The number of aryl methyl sites for hydroxylation is 1. The minimum Gasteiger partial charge on any atom is -0.419 e. The van der Waals surface area contributed by atoms with Crippen molar-refractivity contribution in [3.8, 4) is 17.5 Å². The van der Waals surface area contributed by atoms with Crippen molar-refractivity contribution >= 4 is 5.88 Å². The Labute approximate surface area is 179 Å². The monoisotopic (exact) mass is 402 g/mol. The van der Waals surface area contributed by atoms with Crippen LogP contribution >= 0.6 is 0 Å². The molecule has 2 aromatic carbocycles. The zero-order valence-corrected chi connectivity index (χ0v) is 18.7. The van der Waals surface area contributed by atoms with E-state index in [1.165, 1.54) is 11.1 Å². The molecule has 1 N–H and O–H groups in total. The molecule has 0 fully saturated rings. The van der Waals surface area contributed by atoms with Gasteiger partial charge < -0.3 is 14.6 Å². The molecule has 156 valence electrons. The number of rotatable bonds is 6. The standard InChI is InChI=1S/C25H30N4O/c1-17-7-9-19(10-8-17)23-28-21(15-26)24(30-23)27-16-22(29(5)6)18-11-13-20(14-12-18)25(2,3)4/h7-14,22,27H,16H2,1-6H3/t22-/m0/s1. The van der Waals surface area contributed by atoms with Crippen molar-refractivity contribution in [3.05, 3.63) is 70.9 Å². The van der Waals surface area contributed by atoms with Crippen molar-refractivity contribution in [2.24, 2.45) is 0 Å². The first-order valence-electron chi connectivity index (χ1n) is 10.2. The Morgan fingerprint density at radius 2 is 1.70 bits per heavy atom. The molecule has 0 bridgehead atoms. The van der Waals surface area contributed by atoms with Crippen LogP contribution in [0.4, 0.5) is 5.88 Å².